The molecule has 1 heterocycles. The largest absolute Gasteiger partial charge is 0.497 e. The maximum atomic E-state index is 5.22. The van der Waals surface area contributed by atoms with E-state index in [4.69, 9.17) is 4.74 Å². The highest BCUT2D eigenvalue weighted by molar-refractivity contribution is 7.99. The van der Waals surface area contributed by atoms with Crippen LogP contribution in [-0.2, 0) is 0 Å². The standard InChI is InChI=1S/C18H21NOS/c1-20-15-6-8-16(9-7-15)21-18-5-3-2-4-17(18)14-10-12-19-13-11-14/h2-9,14,19H,10-13H2,1H3. The van der Waals surface area contributed by atoms with Gasteiger partial charge >= 0.3 is 0 Å². The van der Waals surface area contributed by atoms with E-state index in [0.29, 0.717) is 5.92 Å². The molecule has 110 valence electrons. The zero-order valence-corrected chi connectivity index (χ0v) is 13.2. The lowest BCUT2D eigenvalue weighted by molar-refractivity contribution is 0.414. The van der Waals surface area contributed by atoms with Crippen molar-refractivity contribution in [3.63, 3.8) is 0 Å². The normalized spacial score (nSPS) is 15.9. The molecule has 1 saturated heterocycles. The first-order valence-electron chi connectivity index (χ1n) is 7.48. The van der Waals surface area contributed by atoms with Crippen LogP contribution in [0, 0.1) is 0 Å². The third kappa shape index (κ3) is 3.60. The first-order valence-corrected chi connectivity index (χ1v) is 8.30. The lowest BCUT2D eigenvalue weighted by Gasteiger charge is -2.24. The van der Waals surface area contributed by atoms with Gasteiger partial charge < -0.3 is 10.1 Å². The van der Waals surface area contributed by atoms with Gasteiger partial charge in [-0.2, -0.15) is 0 Å². The Morgan fingerprint density at radius 1 is 1.00 bits per heavy atom. The minimum atomic E-state index is 0.688. The van der Waals surface area contributed by atoms with Crippen LogP contribution < -0.4 is 10.1 Å². The zero-order chi connectivity index (χ0) is 14.5. The molecular formula is C18H21NOS. The second kappa shape index (κ2) is 7.01. The molecule has 0 saturated carbocycles. The summed E-state index contributed by atoms with van der Waals surface area (Å²) in [6.07, 6.45) is 2.47. The maximum absolute atomic E-state index is 5.22. The molecule has 2 aromatic carbocycles. The molecule has 0 bridgehead atoms. The quantitative estimate of drug-likeness (QED) is 0.909. The van der Waals surface area contributed by atoms with E-state index in [9.17, 15) is 0 Å². The summed E-state index contributed by atoms with van der Waals surface area (Å²) in [7, 11) is 1.70. The third-order valence-electron chi connectivity index (χ3n) is 3.99. The van der Waals surface area contributed by atoms with Crippen LogP contribution in [0.4, 0.5) is 0 Å². The predicted molar refractivity (Wildman–Crippen MR) is 88.4 cm³/mol. The van der Waals surface area contributed by atoms with Gasteiger partial charge in [0, 0.05) is 9.79 Å². The Balaban J connectivity index is 1.80. The molecule has 1 aliphatic heterocycles. The van der Waals surface area contributed by atoms with Crippen molar-refractivity contribution in [2.45, 2.75) is 28.6 Å². The maximum Gasteiger partial charge on any atom is 0.118 e. The van der Waals surface area contributed by atoms with Gasteiger partial charge in [-0.3, -0.25) is 0 Å². The molecule has 2 nitrogen and oxygen atoms in total. The number of piperidine rings is 1. The molecule has 1 aliphatic rings. The summed E-state index contributed by atoms with van der Waals surface area (Å²) < 4.78 is 5.22. The van der Waals surface area contributed by atoms with Crippen LogP contribution in [0.25, 0.3) is 0 Å². The average Bonchev–Trinajstić information content (AvgIpc) is 2.57. The van der Waals surface area contributed by atoms with Crippen LogP contribution in [0.2, 0.25) is 0 Å². The first-order chi connectivity index (χ1) is 10.4. The molecule has 3 rings (SSSR count). The van der Waals surface area contributed by atoms with E-state index >= 15 is 0 Å². The van der Waals surface area contributed by atoms with E-state index in [1.165, 1.54) is 28.2 Å². The van der Waals surface area contributed by atoms with Crippen molar-refractivity contribution < 1.29 is 4.74 Å². The lowest BCUT2D eigenvalue weighted by atomic mass is 9.90. The van der Waals surface area contributed by atoms with Crippen LogP contribution in [0.15, 0.2) is 58.3 Å². The van der Waals surface area contributed by atoms with Crippen molar-refractivity contribution in [2.24, 2.45) is 0 Å². The topological polar surface area (TPSA) is 21.3 Å². The van der Waals surface area contributed by atoms with Gasteiger partial charge in [-0.15, -0.1) is 0 Å². The molecule has 1 fully saturated rings. The van der Waals surface area contributed by atoms with Crippen LogP contribution in [0.3, 0.4) is 0 Å². The molecule has 0 amide bonds. The Morgan fingerprint density at radius 2 is 1.71 bits per heavy atom. The number of hydrogen-bond acceptors (Lipinski definition) is 3. The Kier molecular flexibility index (Phi) is 4.84. The van der Waals surface area contributed by atoms with Gasteiger partial charge in [0.25, 0.3) is 0 Å². The summed E-state index contributed by atoms with van der Waals surface area (Å²) in [5.41, 5.74) is 1.50. The Hall–Kier alpha value is -1.45. The van der Waals surface area contributed by atoms with Crippen LogP contribution >= 0.6 is 11.8 Å². The van der Waals surface area contributed by atoms with Crippen LogP contribution in [-0.4, -0.2) is 20.2 Å². The summed E-state index contributed by atoms with van der Waals surface area (Å²) >= 11 is 1.85. The fourth-order valence-corrected chi connectivity index (χ4v) is 3.84. The van der Waals surface area contributed by atoms with Crippen LogP contribution in [0.5, 0.6) is 5.75 Å². The zero-order valence-electron chi connectivity index (χ0n) is 12.3. The molecule has 1 N–H and O–H groups in total. The van der Waals surface area contributed by atoms with E-state index in [2.05, 4.69) is 41.7 Å². The van der Waals surface area contributed by atoms with E-state index in [1.807, 2.05) is 23.9 Å². The third-order valence-corrected chi connectivity index (χ3v) is 5.08. The molecule has 0 spiro atoms. The van der Waals surface area contributed by atoms with Crippen molar-refractivity contribution in [1.29, 1.82) is 0 Å². The molecule has 3 heteroatoms. The van der Waals surface area contributed by atoms with Crippen LogP contribution in [0.1, 0.15) is 24.3 Å². The highest BCUT2D eigenvalue weighted by Gasteiger charge is 2.18. The van der Waals surface area contributed by atoms with Crippen molar-refractivity contribution in [1.82, 2.24) is 5.32 Å². The van der Waals surface area contributed by atoms with Crippen molar-refractivity contribution in [2.75, 3.05) is 20.2 Å². The fraction of sp³-hybridized carbons (Fsp3) is 0.333. The average molecular weight is 299 g/mol. The highest BCUT2D eigenvalue weighted by atomic mass is 32.2. The Labute approximate surface area is 130 Å². The number of ether oxygens (including phenoxy) is 1. The number of methoxy groups -OCH3 is 1. The number of benzene rings is 2. The summed E-state index contributed by atoms with van der Waals surface area (Å²) in [6, 6.07) is 17.1. The molecule has 0 radical (unpaired) electrons. The fourth-order valence-electron chi connectivity index (χ4n) is 2.81. The second-order valence-electron chi connectivity index (χ2n) is 5.34. The van der Waals surface area contributed by atoms with Gasteiger partial charge in [-0.25, -0.2) is 0 Å². The highest BCUT2D eigenvalue weighted by Crippen LogP contribution is 2.37. The smallest absolute Gasteiger partial charge is 0.118 e. The minimum absolute atomic E-state index is 0.688. The van der Waals surface area contributed by atoms with Gasteiger partial charge in [0.05, 0.1) is 7.11 Å². The van der Waals surface area contributed by atoms with E-state index in [-0.39, 0.29) is 0 Å². The van der Waals surface area contributed by atoms with E-state index < -0.39 is 0 Å². The van der Waals surface area contributed by atoms with Gasteiger partial charge in [0.1, 0.15) is 5.75 Å². The predicted octanol–water partition coefficient (Wildman–Crippen LogP) is 4.31. The molecule has 0 unspecified atom stereocenters. The molecule has 2 aromatic rings. The summed E-state index contributed by atoms with van der Waals surface area (Å²) in [6.45, 7) is 2.26. The van der Waals surface area contributed by atoms with Gasteiger partial charge in [0.15, 0.2) is 0 Å². The SMILES string of the molecule is COc1ccc(Sc2ccccc2C2CCNCC2)cc1. The number of rotatable bonds is 4. The van der Waals surface area contributed by atoms with Gasteiger partial charge in [-0.1, -0.05) is 30.0 Å². The molecule has 0 atom stereocenters. The summed E-state index contributed by atoms with van der Waals surface area (Å²) in [4.78, 5) is 2.65. The minimum Gasteiger partial charge on any atom is -0.497 e. The molecular weight excluding hydrogens is 278 g/mol. The van der Waals surface area contributed by atoms with Gasteiger partial charge in [-0.05, 0) is 67.7 Å². The first kappa shape index (κ1) is 14.5. The number of hydrogen-bond donors (Lipinski definition) is 1. The molecule has 21 heavy (non-hydrogen) atoms. The summed E-state index contributed by atoms with van der Waals surface area (Å²) in [5, 5.41) is 3.45. The summed E-state index contributed by atoms with van der Waals surface area (Å²) in [5.74, 6) is 1.60. The van der Waals surface area contributed by atoms with Gasteiger partial charge in [0.2, 0.25) is 0 Å². The molecule has 0 aliphatic carbocycles. The van der Waals surface area contributed by atoms with Crippen molar-refractivity contribution >= 4 is 11.8 Å². The van der Waals surface area contributed by atoms with Crippen molar-refractivity contribution in [3.8, 4) is 5.75 Å². The van der Waals surface area contributed by atoms with E-state index in [0.717, 1.165) is 18.8 Å². The lowest BCUT2D eigenvalue weighted by Crippen LogP contribution is -2.26. The van der Waals surface area contributed by atoms with E-state index in [1.54, 1.807) is 7.11 Å². The monoisotopic (exact) mass is 299 g/mol. The molecule has 0 aromatic heterocycles. The van der Waals surface area contributed by atoms with Crippen molar-refractivity contribution in [3.05, 3.63) is 54.1 Å². The Bertz CT molecular complexity index is 576. The Morgan fingerprint density at radius 3 is 2.43 bits per heavy atom. The number of nitrogens with one attached hydrogen (secondary N) is 1. The second-order valence-corrected chi connectivity index (χ2v) is 6.46.